The minimum absolute atomic E-state index is 0.152. The van der Waals surface area contributed by atoms with Crippen LogP contribution in [0.4, 0.5) is 0 Å². The van der Waals surface area contributed by atoms with E-state index in [9.17, 15) is 14.4 Å². The van der Waals surface area contributed by atoms with Crippen LogP contribution in [-0.2, 0) is 28.6 Å². The molecule has 0 rings (SSSR count). The van der Waals surface area contributed by atoms with Gasteiger partial charge in [-0.3, -0.25) is 14.4 Å². The monoisotopic (exact) mass is 949 g/mol. The van der Waals surface area contributed by atoms with Crippen LogP contribution in [-0.4, -0.2) is 37.2 Å². The Morgan fingerprint density at radius 3 is 0.942 bits per heavy atom. The average Bonchev–Trinajstić information content (AvgIpc) is 3.35. The van der Waals surface area contributed by atoms with Gasteiger partial charge in [0.25, 0.3) is 0 Å². The Bertz CT molecular complexity index is 1610. The van der Waals surface area contributed by atoms with Crippen molar-refractivity contribution in [2.75, 3.05) is 13.2 Å². The van der Waals surface area contributed by atoms with Crippen molar-refractivity contribution in [3.8, 4) is 0 Å². The smallest absolute Gasteiger partial charge is 0.306 e. The van der Waals surface area contributed by atoms with E-state index in [0.717, 1.165) is 109 Å². The summed E-state index contributed by atoms with van der Waals surface area (Å²) < 4.78 is 16.7. The highest BCUT2D eigenvalue weighted by molar-refractivity contribution is 5.71. The molecule has 1 atom stereocenters. The molecule has 0 bridgehead atoms. The molecule has 6 nitrogen and oxygen atoms in total. The Hall–Kier alpha value is -4.97. The normalized spacial score (nSPS) is 13.4. The summed E-state index contributed by atoms with van der Waals surface area (Å²) in [6, 6.07) is 0. The van der Waals surface area contributed by atoms with E-state index in [4.69, 9.17) is 14.2 Å². The van der Waals surface area contributed by atoms with Gasteiger partial charge in [0.15, 0.2) is 6.10 Å². The molecule has 69 heavy (non-hydrogen) atoms. The number of allylic oxidation sites excluding steroid dienone is 26. The van der Waals surface area contributed by atoms with E-state index in [2.05, 4.69) is 154 Å². The third-order valence-electron chi connectivity index (χ3n) is 10.5. The molecule has 0 spiro atoms. The highest BCUT2D eigenvalue weighted by Gasteiger charge is 2.19. The minimum Gasteiger partial charge on any atom is -0.462 e. The molecule has 384 valence electrons. The van der Waals surface area contributed by atoms with E-state index < -0.39 is 6.10 Å². The Morgan fingerprint density at radius 2 is 0.594 bits per heavy atom. The second kappa shape index (κ2) is 55.6. The number of carbonyl (C=O) groups excluding carboxylic acids is 3. The SMILES string of the molecule is CC/C=C\C/C=C\C/C=C\C/C=C\C/C=C\C/C=C\CCC(=O)OCC(COC(=O)CC/C=C\C/C=C\C/C=C\C/C=C\CC)OC(=O)CCCCCCCC/C=C\C/C=C\C/C=C\CCCCC. The summed E-state index contributed by atoms with van der Waals surface area (Å²) in [5.74, 6) is -1.14. The van der Waals surface area contributed by atoms with Crippen LogP contribution in [0.1, 0.15) is 201 Å². The molecule has 1 unspecified atom stereocenters. The maximum Gasteiger partial charge on any atom is 0.306 e. The molecule has 0 fully saturated rings. The first-order valence-electron chi connectivity index (χ1n) is 27.0. The zero-order valence-electron chi connectivity index (χ0n) is 43.8. The van der Waals surface area contributed by atoms with Crippen molar-refractivity contribution in [2.45, 2.75) is 207 Å². The van der Waals surface area contributed by atoms with Crippen LogP contribution < -0.4 is 0 Å². The molecular formula is C63H96O6. The Balaban J connectivity index is 4.62. The van der Waals surface area contributed by atoms with Crippen molar-refractivity contribution in [1.29, 1.82) is 0 Å². The van der Waals surface area contributed by atoms with Crippen molar-refractivity contribution in [2.24, 2.45) is 0 Å². The van der Waals surface area contributed by atoms with Crippen molar-refractivity contribution < 1.29 is 28.6 Å². The first-order valence-corrected chi connectivity index (χ1v) is 27.0. The maximum atomic E-state index is 12.8. The second-order valence-electron chi connectivity index (χ2n) is 17.0. The van der Waals surface area contributed by atoms with Gasteiger partial charge in [-0.1, -0.05) is 217 Å². The first kappa shape index (κ1) is 64.0. The standard InChI is InChI=1S/C63H96O6/c1-4-7-10-13-16-19-22-25-27-29-31-33-35-38-41-44-47-50-53-56-62(65)68-59-60(58-67-61(64)55-52-49-46-43-40-37-24-21-18-15-12-9-6-3)69-63(66)57-54-51-48-45-42-39-36-34-32-30-28-26-23-20-17-14-11-8-5-2/h7,9-10,12,16-21,25-28,31-34,37-38,40-41,46-47,49-50,60H,4-6,8,11,13-15,22-24,29-30,35-36,39,42-45,48,51-59H2,1-3H3/b10-7-,12-9-,19-16-,20-17-,21-18-,27-25-,28-26-,33-31-,34-32-,40-37-,41-38-,49-46-,50-47-. The molecule has 0 aromatic rings. The second-order valence-corrected chi connectivity index (χ2v) is 17.0. The summed E-state index contributed by atoms with van der Waals surface area (Å²) in [4.78, 5) is 38.0. The molecule has 0 aromatic heterocycles. The van der Waals surface area contributed by atoms with Crippen LogP contribution >= 0.6 is 0 Å². The third-order valence-corrected chi connectivity index (χ3v) is 10.5. The number of esters is 3. The fourth-order valence-corrected chi connectivity index (χ4v) is 6.55. The van der Waals surface area contributed by atoms with E-state index in [1.807, 2.05) is 24.3 Å². The maximum absolute atomic E-state index is 12.8. The highest BCUT2D eigenvalue weighted by atomic mass is 16.6. The predicted octanol–water partition coefficient (Wildman–Crippen LogP) is 18.2. The summed E-state index contributed by atoms with van der Waals surface area (Å²) in [7, 11) is 0. The zero-order valence-corrected chi connectivity index (χ0v) is 43.8. The number of unbranched alkanes of at least 4 members (excludes halogenated alkanes) is 9. The molecule has 0 heterocycles. The minimum atomic E-state index is -0.852. The summed E-state index contributed by atoms with van der Waals surface area (Å²) in [6.45, 7) is 6.21. The van der Waals surface area contributed by atoms with Crippen molar-refractivity contribution in [1.82, 2.24) is 0 Å². The lowest BCUT2D eigenvalue weighted by molar-refractivity contribution is -0.166. The largest absolute Gasteiger partial charge is 0.462 e. The lowest BCUT2D eigenvalue weighted by Gasteiger charge is -2.18. The number of hydrogen-bond donors (Lipinski definition) is 0. The topological polar surface area (TPSA) is 78.9 Å². The van der Waals surface area contributed by atoms with Crippen LogP contribution in [0.2, 0.25) is 0 Å². The molecular weight excluding hydrogens is 853 g/mol. The van der Waals surface area contributed by atoms with Gasteiger partial charge in [-0.25, -0.2) is 0 Å². The van der Waals surface area contributed by atoms with Crippen molar-refractivity contribution >= 4 is 17.9 Å². The van der Waals surface area contributed by atoms with Gasteiger partial charge in [0.05, 0.1) is 0 Å². The first-order chi connectivity index (χ1) is 34.0. The fraction of sp³-hybridized carbons (Fsp3) is 0.540. The molecule has 0 radical (unpaired) electrons. The summed E-state index contributed by atoms with van der Waals surface area (Å²) >= 11 is 0. The van der Waals surface area contributed by atoms with Crippen molar-refractivity contribution in [3.05, 3.63) is 158 Å². The van der Waals surface area contributed by atoms with Gasteiger partial charge < -0.3 is 14.2 Å². The van der Waals surface area contributed by atoms with Gasteiger partial charge in [0, 0.05) is 19.3 Å². The lowest BCUT2D eigenvalue weighted by atomic mass is 10.1. The zero-order chi connectivity index (χ0) is 50.0. The molecule has 0 aromatic carbocycles. The van der Waals surface area contributed by atoms with E-state index in [-0.39, 0.29) is 50.4 Å². The number of rotatable bonds is 46. The molecule has 0 N–H and O–H groups in total. The Morgan fingerprint density at radius 1 is 0.304 bits per heavy atom. The molecule has 0 aliphatic rings. The van der Waals surface area contributed by atoms with Gasteiger partial charge >= 0.3 is 17.9 Å². The Kier molecular flexibility index (Phi) is 51.6. The quantitative estimate of drug-likeness (QED) is 0.0262. The highest BCUT2D eigenvalue weighted by Crippen LogP contribution is 2.12. The van der Waals surface area contributed by atoms with Crippen molar-refractivity contribution in [3.63, 3.8) is 0 Å². The van der Waals surface area contributed by atoms with Crippen LogP contribution in [0, 0.1) is 0 Å². The molecule has 0 aliphatic carbocycles. The molecule has 0 saturated heterocycles. The summed E-state index contributed by atoms with van der Waals surface area (Å²) in [5.41, 5.74) is 0. The van der Waals surface area contributed by atoms with E-state index in [1.165, 1.54) is 38.5 Å². The van der Waals surface area contributed by atoms with E-state index in [0.29, 0.717) is 12.8 Å². The number of carbonyl (C=O) groups is 3. The van der Waals surface area contributed by atoms with Gasteiger partial charge in [0.1, 0.15) is 13.2 Å². The molecule has 6 heteroatoms. The summed E-state index contributed by atoms with van der Waals surface area (Å²) in [6.07, 6.45) is 81.1. The van der Waals surface area contributed by atoms with Crippen LogP contribution in [0.3, 0.4) is 0 Å². The van der Waals surface area contributed by atoms with Gasteiger partial charge in [0.2, 0.25) is 0 Å². The van der Waals surface area contributed by atoms with Crippen LogP contribution in [0.15, 0.2) is 158 Å². The van der Waals surface area contributed by atoms with Gasteiger partial charge in [-0.05, 0) is 122 Å². The predicted molar refractivity (Wildman–Crippen MR) is 297 cm³/mol. The fourth-order valence-electron chi connectivity index (χ4n) is 6.55. The third kappa shape index (κ3) is 53.8. The summed E-state index contributed by atoms with van der Waals surface area (Å²) in [5, 5.41) is 0. The molecule has 0 amide bonds. The molecule has 0 saturated carbocycles. The lowest BCUT2D eigenvalue weighted by Crippen LogP contribution is -2.30. The number of ether oxygens (including phenoxy) is 3. The van der Waals surface area contributed by atoms with Crippen LogP contribution in [0.5, 0.6) is 0 Å². The van der Waals surface area contributed by atoms with E-state index in [1.54, 1.807) is 0 Å². The average molecular weight is 949 g/mol. The number of hydrogen-bond acceptors (Lipinski definition) is 6. The van der Waals surface area contributed by atoms with Crippen LogP contribution in [0.25, 0.3) is 0 Å². The van der Waals surface area contributed by atoms with Gasteiger partial charge in [-0.2, -0.15) is 0 Å². The van der Waals surface area contributed by atoms with Gasteiger partial charge in [-0.15, -0.1) is 0 Å². The Labute approximate surface area is 422 Å². The molecule has 0 aliphatic heterocycles. The van der Waals surface area contributed by atoms with E-state index >= 15 is 0 Å².